The summed E-state index contributed by atoms with van der Waals surface area (Å²) >= 11 is 0. The molecule has 0 aliphatic rings. The zero-order valence-corrected chi connectivity index (χ0v) is 10.1. The van der Waals surface area contributed by atoms with Gasteiger partial charge < -0.3 is 19.5 Å². The second-order valence-electron chi connectivity index (χ2n) is 3.32. The van der Waals surface area contributed by atoms with Crippen LogP contribution in [0.25, 0.3) is 0 Å². The number of hydrogen-bond acceptors (Lipinski definition) is 4. The fourth-order valence-electron chi connectivity index (χ4n) is 1.40. The zero-order chi connectivity index (χ0) is 12.1. The smallest absolute Gasteiger partial charge is 0.203 e. The molecule has 0 amide bonds. The lowest BCUT2D eigenvalue weighted by molar-refractivity contribution is 0.324. The van der Waals surface area contributed by atoms with Gasteiger partial charge in [-0.25, -0.2) is 0 Å². The molecule has 0 radical (unpaired) electrons. The fraction of sp³-hybridized carbons (Fsp3) is 0.333. The highest BCUT2D eigenvalue weighted by molar-refractivity contribution is 5.63. The normalized spacial score (nSPS) is 9.50. The van der Waals surface area contributed by atoms with Crippen molar-refractivity contribution < 1.29 is 14.2 Å². The number of nitrogens with one attached hydrogen (secondary N) is 1. The predicted molar refractivity (Wildman–Crippen MR) is 64.5 cm³/mol. The minimum Gasteiger partial charge on any atom is -0.493 e. The van der Waals surface area contributed by atoms with Crippen molar-refractivity contribution >= 4 is 5.69 Å². The Hall–Kier alpha value is -1.84. The lowest BCUT2D eigenvalue weighted by Gasteiger charge is -2.14. The molecule has 1 rings (SSSR count). The molecule has 0 atom stereocenters. The summed E-state index contributed by atoms with van der Waals surface area (Å²) in [4.78, 5) is 0. The van der Waals surface area contributed by atoms with Crippen molar-refractivity contribution in [3.63, 3.8) is 0 Å². The molecule has 0 aromatic heterocycles. The lowest BCUT2D eigenvalue weighted by atomic mass is 10.2. The number of rotatable bonds is 5. The second-order valence-corrected chi connectivity index (χ2v) is 3.32. The average molecular weight is 223 g/mol. The van der Waals surface area contributed by atoms with E-state index in [0.29, 0.717) is 17.2 Å². The van der Waals surface area contributed by atoms with E-state index in [1.54, 1.807) is 21.3 Å². The molecule has 1 N–H and O–H groups in total. The Morgan fingerprint density at radius 1 is 1.06 bits per heavy atom. The van der Waals surface area contributed by atoms with E-state index in [1.807, 2.05) is 19.1 Å². The number of methoxy groups -OCH3 is 3. The van der Waals surface area contributed by atoms with Gasteiger partial charge >= 0.3 is 0 Å². The molecule has 1 aromatic rings. The topological polar surface area (TPSA) is 39.7 Å². The standard InChI is InChI=1S/C12H17NO3/c1-8(2)13-9-6-10(14-3)12(16-5)11(7-9)15-4/h6-7,13H,1H2,2-5H3. The Morgan fingerprint density at radius 3 is 1.88 bits per heavy atom. The van der Waals surface area contributed by atoms with Gasteiger partial charge in [-0.3, -0.25) is 0 Å². The molecule has 0 saturated heterocycles. The molecule has 0 spiro atoms. The van der Waals surface area contributed by atoms with E-state index in [4.69, 9.17) is 14.2 Å². The van der Waals surface area contributed by atoms with Crippen molar-refractivity contribution in [2.45, 2.75) is 6.92 Å². The van der Waals surface area contributed by atoms with Crippen LogP contribution < -0.4 is 19.5 Å². The van der Waals surface area contributed by atoms with Crippen LogP contribution >= 0.6 is 0 Å². The Balaban J connectivity index is 3.20. The van der Waals surface area contributed by atoms with Gasteiger partial charge in [0.15, 0.2) is 11.5 Å². The van der Waals surface area contributed by atoms with Crippen molar-refractivity contribution in [3.05, 3.63) is 24.4 Å². The Bertz CT molecular complexity index is 363. The lowest BCUT2D eigenvalue weighted by Crippen LogP contribution is -1.99. The first-order valence-electron chi connectivity index (χ1n) is 4.85. The molecule has 0 unspecified atom stereocenters. The maximum Gasteiger partial charge on any atom is 0.203 e. The van der Waals surface area contributed by atoms with Gasteiger partial charge in [-0.15, -0.1) is 0 Å². The van der Waals surface area contributed by atoms with Crippen molar-refractivity contribution in [1.82, 2.24) is 0 Å². The van der Waals surface area contributed by atoms with Crippen LogP contribution in [-0.4, -0.2) is 21.3 Å². The minimum absolute atomic E-state index is 0.581. The third-order valence-electron chi connectivity index (χ3n) is 2.02. The number of anilines is 1. The summed E-state index contributed by atoms with van der Waals surface area (Å²) in [6, 6.07) is 3.66. The van der Waals surface area contributed by atoms with Crippen LogP contribution in [0.4, 0.5) is 5.69 Å². The molecule has 0 fully saturated rings. The highest BCUT2D eigenvalue weighted by atomic mass is 16.5. The van der Waals surface area contributed by atoms with Crippen LogP contribution in [0.5, 0.6) is 17.2 Å². The van der Waals surface area contributed by atoms with Crippen LogP contribution in [0.15, 0.2) is 24.4 Å². The summed E-state index contributed by atoms with van der Waals surface area (Å²) < 4.78 is 15.7. The molecule has 0 aliphatic heterocycles. The van der Waals surface area contributed by atoms with Gasteiger partial charge in [0.05, 0.1) is 21.3 Å². The van der Waals surface area contributed by atoms with E-state index in [2.05, 4.69) is 11.9 Å². The van der Waals surface area contributed by atoms with Gasteiger partial charge in [0.2, 0.25) is 5.75 Å². The number of allylic oxidation sites excluding steroid dienone is 1. The van der Waals surface area contributed by atoms with Gasteiger partial charge in [-0.1, -0.05) is 6.58 Å². The molecule has 0 saturated carbocycles. The van der Waals surface area contributed by atoms with Crippen LogP contribution in [0.3, 0.4) is 0 Å². The molecule has 0 bridgehead atoms. The SMILES string of the molecule is C=C(C)Nc1cc(OC)c(OC)c(OC)c1. The summed E-state index contributed by atoms with van der Waals surface area (Å²) in [5, 5.41) is 3.10. The zero-order valence-electron chi connectivity index (χ0n) is 10.1. The first-order valence-corrected chi connectivity index (χ1v) is 4.85. The fourth-order valence-corrected chi connectivity index (χ4v) is 1.40. The highest BCUT2D eigenvalue weighted by Gasteiger charge is 2.12. The van der Waals surface area contributed by atoms with Crippen LogP contribution in [0, 0.1) is 0 Å². The summed E-state index contributed by atoms with van der Waals surface area (Å²) in [5.74, 6) is 1.81. The summed E-state index contributed by atoms with van der Waals surface area (Å²) in [5.41, 5.74) is 1.69. The Labute approximate surface area is 95.8 Å². The van der Waals surface area contributed by atoms with E-state index in [0.717, 1.165) is 11.4 Å². The quantitative estimate of drug-likeness (QED) is 0.833. The van der Waals surface area contributed by atoms with E-state index in [1.165, 1.54) is 0 Å². The minimum atomic E-state index is 0.581. The first-order chi connectivity index (χ1) is 7.62. The second kappa shape index (κ2) is 5.30. The van der Waals surface area contributed by atoms with Crippen molar-refractivity contribution in [3.8, 4) is 17.2 Å². The summed E-state index contributed by atoms with van der Waals surface area (Å²) in [7, 11) is 4.75. The molecule has 4 heteroatoms. The van der Waals surface area contributed by atoms with Crippen LogP contribution in [-0.2, 0) is 0 Å². The van der Waals surface area contributed by atoms with Crippen LogP contribution in [0.2, 0.25) is 0 Å². The van der Waals surface area contributed by atoms with E-state index < -0.39 is 0 Å². The molecular formula is C12H17NO3. The number of ether oxygens (including phenoxy) is 3. The first kappa shape index (κ1) is 12.2. The van der Waals surface area contributed by atoms with Crippen LogP contribution in [0.1, 0.15) is 6.92 Å². The predicted octanol–water partition coefficient (Wildman–Crippen LogP) is 2.66. The Kier molecular flexibility index (Phi) is 4.05. The van der Waals surface area contributed by atoms with Gasteiger partial charge in [-0.2, -0.15) is 0 Å². The summed E-state index contributed by atoms with van der Waals surface area (Å²) in [6.07, 6.45) is 0. The van der Waals surface area contributed by atoms with E-state index in [9.17, 15) is 0 Å². The van der Waals surface area contributed by atoms with E-state index in [-0.39, 0.29) is 0 Å². The molecular weight excluding hydrogens is 206 g/mol. The molecule has 16 heavy (non-hydrogen) atoms. The van der Waals surface area contributed by atoms with Gasteiger partial charge in [0.1, 0.15) is 0 Å². The molecule has 88 valence electrons. The highest BCUT2D eigenvalue weighted by Crippen LogP contribution is 2.40. The van der Waals surface area contributed by atoms with E-state index >= 15 is 0 Å². The molecule has 0 heterocycles. The van der Waals surface area contributed by atoms with Gasteiger partial charge in [-0.05, 0) is 6.92 Å². The van der Waals surface area contributed by atoms with Crippen molar-refractivity contribution in [2.24, 2.45) is 0 Å². The monoisotopic (exact) mass is 223 g/mol. The number of benzene rings is 1. The van der Waals surface area contributed by atoms with Gasteiger partial charge in [0, 0.05) is 23.5 Å². The third kappa shape index (κ3) is 2.59. The summed E-state index contributed by atoms with van der Waals surface area (Å²) in [6.45, 7) is 5.66. The Morgan fingerprint density at radius 2 is 1.56 bits per heavy atom. The maximum atomic E-state index is 5.23. The van der Waals surface area contributed by atoms with Crippen molar-refractivity contribution in [1.29, 1.82) is 0 Å². The van der Waals surface area contributed by atoms with Gasteiger partial charge in [0.25, 0.3) is 0 Å². The molecule has 1 aromatic carbocycles. The largest absolute Gasteiger partial charge is 0.493 e. The van der Waals surface area contributed by atoms with Crippen molar-refractivity contribution in [2.75, 3.05) is 26.6 Å². The number of hydrogen-bond donors (Lipinski definition) is 1. The average Bonchev–Trinajstić information content (AvgIpc) is 2.26. The maximum absolute atomic E-state index is 5.23. The molecule has 4 nitrogen and oxygen atoms in total. The third-order valence-corrected chi connectivity index (χ3v) is 2.02. The molecule has 0 aliphatic carbocycles.